The number of carbonyl (C=O) groups is 1. The third kappa shape index (κ3) is 2.84. The first-order valence-corrected chi connectivity index (χ1v) is 6.73. The molecule has 1 saturated carbocycles. The molecule has 1 amide bonds. The zero-order valence-corrected chi connectivity index (χ0v) is 11.1. The molecule has 1 aliphatic rings. The minimum Gasteiger partial charge on any atom is -0.399 e. The van der Waals surface area contributed by atoms with Crippen molar-refractivity contribution in [2.75, 3.05) is 5.73 Å². The van der Waals surface area contributed by atoms with E-state index < -0.39 is 0 Å². The molecule has 98 valence electrons. The summed E-state index contributed by atoms with van der Waals surface area (Å²) < 4.78 is 0. The van der Waals surface area contributed by atoms with Crippen LogP contribution in [0.5, 0.6) is 0 Å². The zero-order chi connectivity index (χ0) is 13.1. The lowest BCUT2D eigenvalue weighted by Crippen LogP contribution is -2.38. The van der Waals surface area contributed by atoms with Crippen LogP contribution in [0.15, 0.2) is 24.3 Å². The van der Waals surface area contributed by atoms with Crippen molar-refractivity contribution in [3.8, 4) is 0 Å². The van der Waals surface area contributed by atoms with E-state index in [2.05, 4.69) is 12.2 Å². The van der Waals surface area contributed by atoms with E-state index in [4.69, 9.17) is 5.73 Å². The summed E-state index contributed by atoms with van der Waals surface area (Å²) in [5.74, 6) is 0.572. The number of amides is 1. The average Bonchev–Trinajstić information content (AvgIpc) is 2.74. The number of hydrogen-bond acceptors (Lipinski definition) is 2. The molecular weight excluding hydrogens is 224 g/mol. The second kappa shape index (κ2) is 5.42. The Morgan fingerprint density at radius 2 is 2.22 bits per heavy atom. The highest BCUT2D eigenvalue weighted by Crippen LogP contribution is 2.26. The fraction of sp³-hybridized carbons (Fsp3) is 0.533. The van der Waals surface area contributed by atoms with E-state index in [0.29, 0.717) is 17.6 Å². The fourth-order valence-corrected chi connectivity index (χ4v) is 2.65. The van der Waals surface area contributed by atoms with Crippen molar-refractivity contribution in [2.45, 2.75) is 45.1 Å². The topological polar surface area (TPSA) is 55.1 Å². The minimum absolute atomic E-state index is 0.111. The molecule has 3 N–H and O–H groups in total. The molecule has 3 unspecified atom stereocenters. The van der Waals surface area contributed by atoms with Crippen LogP contribution in [-0.2, 0) is 4.79 Å². The Balaban J connectivity index is 2.00. The number of rotatable bonds is 3. The molecule has 3 atom stereocenters. The summed E-state index contributed by atoms with van der Waals surface area (Å²) in [7, 11) is 0. The lowest BCUT2D eigenvalue weighted by Gasteiger charge is -2.20. The number of anilines is 1. The molecule has 2 rings (SSSR count). The summed E-state index contributed by atoms with van der Waals surface area (Å²) >= 11 is 0. The molecule has 0 aromatic heterocycles. The Morgan fingerprint density at radius 1 is 1.44 bits per heavy atom. The Bertz CT molecular complexity index is 430. The highest BCUT2D eigenvalue weighted by atomic mass is 16.1. The van der Waals surface area contributed by atoms with Gasteiger partial charge in [0.1, 0.15) is 0 Å². The first-order chi connectivity index (χ1) is 8.58. The number of nitrogens with one attached hydrogen (secondary N) is 1. The van der Waals surface area contributed by atoms with Gasteiger partial charge in [-0.2, -0.15) is 0 Å². The van der Waals surface area contributed by atoms with E-state index in [0.717, 1.165) is 12.0 Å². The van der Waals surface area contributed by atoms with Crippen LogP contribution in [0.4, 0.5) is 5.69 Å². The number of nitrogen functional groups attached to an aromatic ring is 1. The maximum absolute atomic E-state index is 12.2. The standard InChI is InChI=1S/C15H22N2O/c1-10-5-3-8-14(10)17-15(18)11(2)12-6-4-7-13(16)9-12/h4,6-7,9-11,14H,3,5,8,16H2,1-2H3,(H,17,18). The summed E-state index contributed by atoms with van der Waals surface area (Å²) in [6.07, 6.45) is 3.55. The molecule has 1 aliphatic carbocycles. The van der Waals surface area contributed by atoms with Crippen LogP contribution >= 0.6 is 0 Å². The molecular formula is C15H22N2O. The predicted octanol–water partition coefficient (Wildman–Crippen LogP) is 2.68. The molecule has 0 aliphatic heterocycles. The summed E-state index contributed by atoms with van der Waals surface area (Å²) in [4.78, 5) is 12.2. The molecule has 1 fully saturated rings. The smallest absolute Gasteiger partial charge is 0.227 e. The van der Waals surface area contributed by atoms with Gasteiger partial charge in [-0.1, -0.05) is 25.5 Å². The normalized spacial score (nSPS) is 24.8. The average molecular weight is 246 g/mol. The van der Waals surface area contributed by atoms with E-state index in [9.17, 15) is 4.79 Å². The Hall–Kier alpha value is -1.51. The Labute approximate surface area is 109 Å². The summed E-state index contributed by atoms with van der Waals surface area (Å²) in [5.41, 5.74) is 7.44. The minimum atomic E-state index is -0.138. The molecule has 0 heterocycles. The third-order valence-electron chi connectivity index (χ3n) is 3.99. The van der Waals surface area contributed by atoms with Crippen molar-refractivity contribution in [2.24, 2.45) is 5.92 Å². The maximum Gasteiger partial charge on any atom is 0.227 e. The largest absolute Gasteiger partial charge is 0.399 e. The van der Waals surface area contributed by atoms with Crippen molar-refractivity contribution >= 4 is 11.6 Å². The van der Waals surface area contributed by atoms with Crippen molar-refractivity contribution in [3.63, 3.8) is 0 Å². The van der Waals surface area contributed by atoms with Crippen molar-refractivity contribution < 1.29 is 4.79 Å². The van der Waals surface area contributed by atoms with Gasteiger partial charge in [0, 0.05) is 11.7 Å². The Morgan fingerprint density at radius 3 is 2.83 bits per heavy atom. The number of benzene rings is 1. The van der Waals surface area contributed by atoms with Gasteiger partial charge in [0.15, 0.2) is 0 Å². The Kier molecular flexibility index (Phi) is 3.90. The van der Waals surface area contributed by atoms with Crippen molar-refractivity contribution in [3.05, 3.63) is 29.8 Å². The SMILES string of the molecule is CC(C(=O)NC1CCCC1C)c1cccc(N)c1. The van der Waals surface area contributed by atoms with E-state index in [1.54, 1.807) is 0 Å². The van der Waals surface area contributed by atoms with Crippen LogP contribution in [-0.4, -0.2) is 11.9 Å². The van der Waals surface area contributed by atoms with Gasteiger partial charge in [0.2, 0.25) is 5.91 Å². The van der Waals surface area contributed by atoms with Gasteiger partial charge in [0.05, 0.1) is 5.92 Å². The molecule has 18 heavy (non-hydrogen) atoms. The maximum atomic E-state index is 12.2. The second-order valence-electron chi connectivity index (χ2n) is 5.42. The van der Waals surface area contributed by atoms with Gasteiger partial charge in [-0.3, -0.25) is 4.79 Å². The molecule has 0 saturated heterocycles. The third-order valence-corrected chi connectivity index (χ3v) is 3.99. The second-order valence-corrected chi connectivity index (χ2v) is 5.42. The van der Waals surface area contributed by atoms with Crippen molar-refractivity contribution in [1.82, 2.24) is 5.32 Å². The summed E-state index contributed by atoms with van der Waals surface area (Å²) in [6, 6.07) is 7.92. The van der Waals surface area contributed by atoms with Crippen LogP contribution < -0.4 is 11.1 Å². The number of hydrogen-bond donors (Lipinski definition) is 2. The molecule has 3 heteroatoms. The molecule has 3 nitrogen and oxygen atoms in total. The van der Waals surface area contributed by atoms with Gasteiger partial charge < -0.3 is 11.1 Å². The van der Waals surface area contributed by atoms with Crippen LogP contribution in [0.25, 0.3) is 0 Å². The quantitative estimate of drug-likeness (QED) is 0.806. The molecule has 0 bridgehead atoms. The van der Waals surface area contributed by atoms with E-state index in [1.165, 1.54) is 12.8 Å². The highest BCUT2D eigenvalue weighted by molar-refractivity contribution is 5.83. The monoisotopic (exact) mass is 246 g/mol. The van der Waals surface area contributed by atoms with Gasteiger partial charge in [-0.25, -0.2) is 0 Å². The van der Waals surface area contributed by atoms with E-state index in [-0.39, 0.29) is 11.8 Å². The van der Waals surface area contributed by atoms with Crippen molar-refractivity contribution in [1.29, 1.82) is 0 Å². The van der Waals surface area contributed by atoms with Gasteiger partial charge in [-0.15, -0.1) is 0 Å². The van der Waals surface area contributed by atoms with E-state index >= 15 is 0 Å². The van der Waals surface area contributed by atoms with Gasteiger partial charge >= 0.3 is 0 Å². The van der Waals surface area contributed by atoms with Crippen LogP contribution in [0.3, 0.4) is 0 Å². The number of carbonyl (C=O) groups excluding carboxylic acids is 1. The first kappa shape index (κ1) is 12.9. The number of nitrogens with two attached hydrogens (primary N) is 1. The molecule has 0 radical (unpaired) electrons. The predicted molar refractivity (Wildman–Crippen MR) is 74.2 cm³/mol. The molecule has 1 aromatic rings. The van der Waals surface area contributed by atoms with Crippen LogP contribution in [0.2, 0.25) is 0 Å². The molecule has 1 aromatic carbocycles. The van der Waals surface area contributed by atoms with Gasteiger partial charge in [0.25, 0.3) is 0 Å². The van der Waals surface area contributed by atoms with Crippen LogP contribution in [0.1, 0.15) is 44.6 Å². The highest BCUT2D eigenvalue weighted by Gasteiger charge is 2.26. The fourth-order valence-electron chi connectivity index (χ4n) is 2.65. The summed E-state index contributed by atoms with van der Waals surface area (Å²) in [5, 5.41) is 3.17. The first-order valence-electron chi connectivity index (χ1n) is 6.73. The lowest BCUT2D eigenvalue weighted by molar-refractivity contribution is -0.123. The van der Waals surface area contributed by atoms with Crippen LogP contribution in [0, 0.1) is 5.92 Å². The molecule has 0 spiro atoms. The summed E-state index contributed by atoms with van der Waals surface area (Å²) in [6.45, 7) is 4.15. The zero-order valence-electron chi connectivity index (χ0n) is 11.1. The van der Waals surface area contributed by atoms with Gasteiger partial charge in [-0.05, 0) is 43.4 Å². The lowest BCUT2D eigenvalue weighted by atomic mass is 9.98. The van der Waals surface area contributed by atoms with E-state index in [1.807, 2.05) is 31.2 Å².